The molecule has 88 valence electrons. The molecule has 0 N–H and O–H groups in total. The third-order valence-corrected chi connectivity index (χ3v) is 3.38. The number of carbonyl (C=O) groups excluding carboxylic acids is 1. The molecule has 0 amide bonds. The summed E-state index contributed by atoms with van der Waals surface area (Å²) in [5.41, 5.74) is 2.30. The maximum Gasteiger partial charge on any atom is 0.323 e. The van der Waals surface area contributed by atoms with Gasteiger partial charge in [0.2, 0.25) is 0 Å². The van der Waals surface area contributed by atoms with Crippen LogP contribution >= 0.6 is 15.9 Å². The summed E-state index contributed by atoms with van der Waals surface area (Å²) in [6.45, 7) is 6.48. The molecule has 0 heterocycles. The van der Waals surface area contributed by atoms with Crippen LogP contribution < -0.4 is 0 Å². The Morgan fingerprint density at radius 3 is 2.12 bits per heavy atom. The lowest BCUT2D eigenvalue weighted by Crippen LogP contribution is -2.12. The predicted octanol–water partition coefficient (Wildman–Crippen LogP) is 3.59. The van der Waals surface area contributed by atoms with E-state index in [2.05, 4.69) is 41.4 Å². The van der Waals surface area contributed by atoms with Gasteiger partial charge >= 0.3 is 5.97 Å². The minimum absolute atomic E-state index is 0.131. The molecule has 0 aliphatic rings. The first-order valence-corrected chi connectivity index (χ1v) is 6.10. The van der Waals surface area contributed by atoms with E-state index in [0.29, 0.717) is 0 Å². The molecule has 1 aromatic carbocycles. The minimum atomic E-state index is -0.383. The molecule has 0 saturated carbocycles. The van der Waals surface area contributed by atoms with Crippen molar-refractivity contribution in [3.8, 4) is 0 Å². The van der Waals surface area contributed by atoms with Crippen molar-refractivity contribution in [2.75, 3.05) is 7.11 Å². The summed E-state index contributed by atoms with van der Waals surface area (Å²) < 4.78 is 4.68. The highest BCUT2D eigenvalue weighted by Gasteiger charge is 2.19. The molecule has 16 heavy (non-hydrogen) atoms. The highest BCUT2D eigenvalue weighted by atomic mass is 79.9. The maximum atomic E-state index is 11.3. The lowest BCUT2D eigenvalue weighted by molar-refractivity contribution is -0.139. The highest BCUT2D eigenvalue weighted by molar-refractivity contribution is 9.09. The van der Waals surface area contributed by atoms with Gasteiger partial charge in [-0.2, -0.15) is 0 Å². The van der Waals surface area contributed by atoms with Gasteiger partial charge in [0.15, 0.2) is 0 Å². The van der Waals surface area contributed by atoms with Crippen LogP contribution in [0.3, 0.4) is 0 Å². The molecule has 1 aromatic rings. The SMILES string of the molecule is COC(=O)[C@@H](Br)c1ccc(C(C)(C)C)cc1. The number of benzene rings is 1. The number of alkyl halides is 1. The van der Waals surface area contributed by atoms with Crippen LogP contribution in [0, 0.1) is 0 Å². The van der Waals surface area contributed by atoms with Crippen molar-refractivity contribution in [1.29, 1.82) is 0 Å². The predicted molar refractivity (Wildman–Crippen MR) is 68.8 cm³/mol. The van der Waals surface area contributed by atoms with Gasteiger partial charge in [-0.25, -0.2) is 0 Å². The molecule has 0 aliphatic carbocycles. The second-order valence-electron chi connectivity index (χ2n) is 4.76. The molecule has 3 heteroatoms. The Morgan fingerprint density at radius 1 is 1.25 bits per heavy atom. The molecule has 0 unspecified atom stereocenters. The summed E-state index contributed by atoms with van der Waals surface area (Å²) in [6.07, 6.45) is 0. The van der Waals surface area contributed by atoms with Gasteiger partial charge in [0.05, 0.1) is 7.11 Å². The molecule has 2 nitrogen and oxygen atoms in total. The van der Waals surface area contributed by atoms with Gasteiger partial charge in [-0.15, -0.1) is 0 Å². The van der Waals surface area contributed by atoms with E-state index in [1.165, 1.54) is 12.7 Å². The van der Waals surface area contributed by atoms with E-state index in [1.54, 1.807) is 0 Å². The molecule has 0 aliphatic heterocycles. The number of hydrogen-bond acceptors (Lipinski definition) is 2. The van der Waals surface area contributed by atoms with Crippen LogP contribution in [-0.4, -0.2) is 13.1 Å². The van der Waals surface area contributed by atoms with E-state index in [-0.39, 0.29) is 16.2 Å². The molecule has 0 radical (unpaired) electrons. The fourth-order valence-corrected chi connectivity index (χ4v) is 1.88. The zero-order chi connectivity index (χ0) is 12.3. The fraction of sp³-hybridized carbons (Fsp3) is 0.462. The lowest BCUT2D eigenvalue weighted by Gasteiger charge is -2.19. The normalized spacial score (nSPS) is 13.3. The third kappa shape index (κ3) is 3.08. The summed E-state index contributed by atoms with van der Waals surface area (Å²) in [5.74, 6) is -0.275. The van der Waals surface area contributed by atoms with Gasteiger partial charge < -0.3 is 4.74 Å². The largest absolute Gasteiger partial charge is 0.468 e. The van der Waals surface area contributed by atoms with Crippen molar-refractivity contribution >= 4 is 21.9 Å². The molecular formula is C13H17BrO2. The van der Waals surface area contributed by atoms with Crippen molar-refractivity contribution in [2.45, 2.75) is 31.0 Å². The lowest BCUT2D eigenvalue weighted by atomic mass is 9.86. The van der Waals surface area contributed by atoms with E-state index < -0.39 is 0 Å². The molecule has 0 spiro atoms. The first-order chi connectivity index (χ1) is 7.36. The molecule has 1 rings (SSSR count). The van der Waals surface area contributed by atoms with Crippen LogP contribution in [0.15, 0.2) is 24.3 Å². The molecule has 0 bridgehead atoms. The van der Waals surface area contributed by atoms with E-state index in [0.717, 1.165) is 5.56 Å². The van der Waals surface area contributed by atoms with E-state index >= 15 is 0 Å². The summed E-state index contributed by atoms with van der Waals surface area (Å²) in [5, 5.41) is 0. The first-order valence-electron chi connectivity index (χ1n) is 5.18. The molecule has 1 atom stereocenters. The summed E-state index contributed by atoms with van der Waals surface area (Å²) in [6, 6.07) is 8.01. The second kappa shape index (κ2) is 5.00. The van der Waals surface area contributed by atoms with Gasteiger partial charge in [0.25, 0.3) is 0 Å². The molecular weight excluding hydrogens is 268 g/mol. The Labute approximate surface area is 105 Å². The van der Waals surface area contributed by atoms with Crippen LogP contribution in [0.25, 0.3) is 0 Å². The Balaban J connectivity index is 2.91. The Bertz CT molecular complexity index is 363. The standard InChI is InChI=1S/C13H17BrO2/c1-13(2,3)10-7-5-9(6-8-10)11(14)12(15)16-4/h5-8,11H,1-4H3/t11-/m0/s1. The van der Waals surface area contributed by atoms with Gasteiger partial charge in [-0.05, 0) is 16.5 Å². The average molecular weight is 285 g/mol. The number of hydrogen-bond donors (Lipinski definition) is 0. The van der Waals surface area contributed by atoms with Crippen LogP contribution in [0.5, 0.6) is 0 Å². The molecule has 0 fully saturated rings. The number of rotatable bonds is 2. The van der Waals surface area contributed by atoms with Gasteiger partial charge in [-0.1, -0.05) is 61.0 Å². The molecule has 0 aromatic heterocycles. The third-order valence-electron chi connectivity index (χ3n) is 2.48. The minimum Gasteiger partial charge on any atom is -0.468 e. The van der Waals surface area contributed by atoms with Crippen molar-refractivity contribution in [3.05, 3.63) is 35.4 Å². The Kier molecular flexibility index (Phi) is 4.14. The number of halogens is 1. The van der Waals surface area contributed by atoms with E-state index in [4.69, 9.17) is 0 Å². The monoisotopic (exact) mass is 284 g/mol. The topological polar surface area (TPSA) is 26.3 Å². The fourth-order valence-electron chi connectivity index (χ4n) is 1.39. The molecule has 0 saturated heterocycles. The van der Waals surface area contributed by atoms with E-state index in [1.807, 2.05) is 24.3 Å². The van der Waals surface area contributed by atoms with Gasteiger partial charge in [-0.3, -0.25) is 4.79 Å². The van der Waals surface area contributed by atoms with Crippen molar-refractivity contribution in [2.24, 2.45) is 0 Å². The number of ether oxygens (including phenoxy) is 1. The zero-order valence-electron chi connectivity index (χ0n) is 10.1. The van der Waals surface area contributed by atoms with Crippen molar-refractivity contribution < 1.29 is 9.53 Å². The summed E-state index contributed by atoms with van der Waals surface area (Å²) in [4.78, 5) is 10.9. The van der Waals surface area contributed by atoms with Crippen LogP contribution in [0.2, 0.25) is 0 Å². The van der Waals surface area contributed by atoms with Crippen molar-refractivity contribution in [1.82, 2.24) is 0 Å². The summed E-state index contributed by atoms with van der Waals surface area (Å²) in [7, 11) is 1.39. The number of esters is 1. The van der Waals surface area contributed by atoms with Crippen molar-refractivity contribution in [3.63, 3.8) is 0 Å². The van der Waals surface area contributed by atoms with Crippen LogP contribution in [-0.2, 0) is 14.9 Å². The summed E-state index contributed by atoms with van der Waals surface area (Å²) >= 11 is 3.31. The van der Waals surface area contributed by atoms with Crippen LogP contribution in [0.1, 0.15) is 36.7 Å². The highest BCUT2D eigenvalue weighted by Crippen LogP contribution is 2.27. The quantitative estimate of drug-likeness (QED) is 0.613. The second-order valence-corrected chi connectivity index (χ2v) is 5.67. The van der Waals surface area contributed by atoms with Gasteiger partial charge in [0.1, 0.15) is 4.83 Å². The van der Waals surface area contributed by atoms with Crippen LogP contribution in [0.4, 0.5) is 0 Å². The zero-order valence-corrected chi connectivity index (χ0v) is 11.7. The Hall–Kier alpha value is -0.830. The Morgan fingerprint density at radius 2 is 1.75 bits per heavy atom. The average Bonchev–Trinajstić information content (AvgIpc) is 2.26. The smallest absolute Gasteiger partial charge is 0.323 e. The van der Waals surface area contributed by atoms with Gasteiger partial charge in [0, 0.05) is 0 Å². The number of methoxy groups -OCH3 is 1. The maximum absolute atomic E-state index is 11.3. The van der Waals surface area contributed by atoms with E-state index in [9.17, 15) is 4.79 Å². The number of carbonyl (C=O) groups is 1. The first kappa shape index (κ1) is 13.2.